The molecule has 2 N–H and O–H groups in total. The monoisotopic (exact) mass is 304 g/mol. The number of rotatable bonds is 16. The van der Waals surface area contributed by atoms with E-state index in [1.165, 1.54) is 38.5 Å². The number of aliphatic hydroxyl groups excluding tert-OH is 2. The van der Waals surface area contributed by atoms with Crippen LogP contribution in [0.25, 0.3) is 0 Å². The van der Waals surface area contributed by atoms with Crippen molar-refractivity contribution in [3.63, 3.8) is 0 Å². The van der Waals surface area contributed by atoms with E-state index in [9.17, 15) is 10.2 Å². The van der Waals surface area contributed by atoms with Crippen molar-refractivity contribution in [1.82, 2.24) is 0 Å². The second-order valence-corrected chi connectivity index (χ2v) is 6.04. The molecular formula is C17H36O4. The molecule has 0 aliphatic rings. The molecule has 21 heavy (non-hydrogen) atoms. The van der Waals surface area contributed by atoms with Gasteiger partial charge in [0.15, 0.2) is 0 Å². The molecule has 4 heteroatoms. The number of hydrogen-bond donors (Lipinski definition) is 2. The lowest BCUT2D eigenvalue weighted by Crippen LogP contribution is -2.40. The van der Waals surface area contributed by atoms with Gasteiger partial charge in [-0.15, -0.1) is 0 Å². The Balaban J connectivity index is 3.78. The normalized spacial score (nSPS) is 12.0. The molecule has 0 radical (unpaired) electrons. The first kappa shape index (κ1) is 20.8. The van der Waals surface area contributed by atoms with E-state index < -0.39 is 5.41 Å². The van der Waals surface area contributed by atoms with Crippen molar-refractivity contribution in [1.29, 1.82) is 0 Å². The largest absolute Gasteiger partial charge is 0.396 e. The fraction of sp³-hybridized carbons (Fsp3) is 1.00. The summed E-state index contributed by atoms with van der Waals surface area (Å²) >= 11 is 0. The molecule has 4 nitrogen and oxygen atoms in total. The maximum atomic E-state index is 9.54. The van der Waals surface area contributed by atoms with Crippen LogP contribution in [0.4, 0.5) is 0 Å². The van der Waals surface area contributed by atoms with Crippen LogP contribution in [-0.2, 0) is 9.47 Å². The topological polar surface area (TPSA) is 58.9 Å². The van der Waals surface area contributed by atoms with Gasteiger partial charge in [-0.3, -0.25) is 0 Å². The average Bonchev–Trinajstić information content (AvgIpc) is 2.52. The zero-order valence-corrected chi connectivity index (χ0v) is 14.1. The Morgan fingerprint density at radius 1 is 0.667 bits per heavy atom. The summed E-state index contributed by atoms with van der Waals surface area (Å²) < 4.78 is 11.2. The standard InChI is InChI=1S/C17H36O4/c1-3-5-7-9-11-20-15-17(13-18,14-19)16-21-12-10-8-6-4-2/h18-19H,3-16H2,1-2H3. The summed E-state index contributed by atoms with van der Waals surface area (Å²) in [6.45, 7) is 6.27. The van der Waals surface area contributed by atoms with Crippen molar-refractivity contribution >= 4 is 0 Å². The predicted molar refractivity (Wildman–Crippen MR) is 86.5 cm³/mol. The van der Waals surface area contributed by atoms with E-state index in [4.69, 9.17) is 9.47 Å². The van der Waals surface area contributed by atoms with Crippen molar-refractivity contribution < 1.29 is 19.7 Å². The minimum absolute atomic E-state index is 0.104. The first-order valence-corrected chi connectivity index (χ1v) is 8.62. The van der Waals surface area contributed by atoms with Gasteiger partial charge in [0.05, 0.1) is 31.8 Å². The summed E-state index contributed by atoms with van der Waals surface area (Å²) in [4.78, 5) is 0. The molecule has 0 aromatic rings. The Kier molecular flexibility index (Phi) is 14.7. The Morgan fingerprint density at radius 2 is 1.10 bits per heavy atom. The van der Waals surface area contributed by atoms with Gasteiger partial charge in [0.2, 0.25) is 0 Å². The summed E-state index contributed by atoms with van der Waals surface area (Å²) in [5.41, 5.74) is -0.657. The smallest absolute Gasteiger partial charge is 0.0632 e. The predicted octanol–water partition coefficient (Wildman–Crippen LogP) is 3.15. The maximum absolute atomic E-state index is 9.54. The summed E-state index contributed by atoms with van der Waals surface area (Å²) in [5, 5.41) is 19.1. The van der Waals surface area contributed by atoms with E-state index in [-0.39, 0.29) is 13.2 Å². The number of unbranched alkanes of at least 4 members (excludes halogenated alkanes) is 6. The molecule has 0 aromatic carbocycles. The Labute approximate surface area is 130 Å². The van der Waals surface area contributed by atoms with Gasteiger partial charge < -0.3 is 19.7 Å². The van der Waals surface area contributed by atoms with E-state index in [2.05, 4.69) is 13.8 Å². The minimum Gasteiger partial charge on any atom is -0.396 e. The molecule has 0 saturated heterocycles. The zero-order chi connectivity index (χ0) is 15.8. The molecule has 0 amide bonds. The van der Waals surface area contributed by atoms with Crippen molar-refractivity contribution in [3.8, 4) is 0 Å². The molecule has 0 aliphatic carbocycles. The van der Waals surface area contributed by atoms with Gasteiger partial charge >= 0.3 is 0 Å². The van der Waals surface area contributed by atoms with E-state index >= 15 is 0 Å². The first-order valence-electron chi connectivity index (χ1n) is 8.62. The van der Waals surface area contributed by atoms with Gasteiger partial charge in [-0.05, 0) is 12.8 Å². The fourth-order valence-electron chi connectivity index (χ4n) is 2.11. The molecule has 0 unspecified atom stereocenters. The highest BCUT2D eigenvalue weighted by molar-refractivity contribution is 4.77. The third-order valence-corrected chi connectivity index (χ3v) is 3.77. The van der Waals surface area contributed by atoms with E-state index in [0.29, 0.717) is 26.4 Å². The molecule has 0 rings (SSSR count). The van der Waals surface area contributed by atoms with Crippen LogP contribution in [0.15, 0.2) is 0 Å². The van der Waals surface area contributed by atoms with Crippen LogP contribution in [0.3, 0.4) is 0 Å². The molecule has 0 bridgehead atoms. The third kappa shape index (κ3) is 11.1. The average molecular weight is 304 g/mol. The summed E-state index contributed by atoms with van der Waals surface area (Å²) in [6.07, 6.45) is 9.32. The third-order valence-electron chi connectivity index (χ3n) is 3.77. The van der Waals surface area contributed by atoms with Crippen LogP contribution in [0.5, 0.6) is 0 Å². The molecule has 0 spiro atoms. The van der Waals surface area contributed by atoms with Gasteiger partial charge in [-0.25, -0.2) is 0 Å². The van der Waals surface area contributed by atoms with Gasteiger partial charge in [-0.1, -0.05) is 52.4 Å². The highest BCUT2D eigenvalue weighted by atomic mass is 16.5. The number of aliphatic hydroxyl groups is 2. The summed E-state index contributed by atoms with van der Waals surface area (Å²) in [7, 11) is 0. The van der Waals surface area contributed by atoms with Gasteiger partial charge in [-0.2, -0.15) is 0 Å². The SMILES string of the molecule is CCCCCCOCC(CO)(CO)COCCCCCC. The van der Waals surface area contributed by atoms with Crippen LogP contribution in [0.1, 0.15) is 65.2 Å². The lowest BCUT2D eigenvalue weighted by Gasteiger charge is -2.29. The molecule has 128 valence electrons. The first-order chi connectivity index (χ1) is 10.2. The highest BCUT2D eigenvalue weighted by Crippen LogP contribution is 2.18. The molecule has 0 aromatic heterocycles. The highest BCUT2D eigenvalue weighted by Gasteiger charge is 2.29. The van der Waals surface area contributed by atoms with Crippen LogP contribution < -0.4 is 0 Å². The summed E-state index contributed by atoms with van der Waals surface area (Å²) in [5.74, 6) is 0. The molecular weight excluding hydrogens is 268 g/mol. The molecule has 0 fully saturated rings. The molecule has 0 atom stereocenters. The van der Waals surface area contributed by atoms with E-state index in [0.717, 1.165) is 12.8 Å². The Bertz CT molecular complexity index is 187. The van der Waals surface area contributed by atoms with Crippen LogP contribution in [0, 0.1) is 5.41 Å². The van der Waals surface area contributed by atoms with Crippen LogP contribution in [0.2, 0.25) is 0 Å². The van der Waals surface area contributed by atoms with Crippen molar-refractivity contribution in [2.75, 3.05) is 39.6 Å². The van der Waals surface area contributed by atoms with Crippen LogP contribution >= 0.6 is 0 Å². The minimum atomic E-state index is -0.657. The number of ether oxygens (including phenoxy) is 2. The second-order valence-electron chi connectivity index (χ2n) is 6.04. The maximum Gasteiger partial charge on any atom is 0.0632 e. The van der Waals surface area contributed by atoms with Crippen LogP contribution in [-0.4, -0.2) is 49.9 Å². The van der Waals surface area contributed by atoms with Crippen molar-refractivity contribution in [3.05, 3.63) is 0 Å². The summed E-state index contributed by atoms with van der Waals surface area (Å²) in [6, 6.07) is 0. The Hall–Kier alpha value is -0.160. The van der Waals surface area contributed by atoms with Crippen molar-refractivity contribution in [2.24, 2.45) is 5.41 Å². The van der Waals surface area contributed by atoms with E-state index in [1.807, 2.05) is 0 Å². The number of hydrogen-bond acceptors (Lipinski definition) is 4. The van der Waals surface area contributed by atoms with E-state index in [1.54, 1.807) is 0 Å². The van der Waals surface area contributed by atoms with Gasteiger partial charge in [0.25, 0.3) is 0 Å². The fourth-order valence-corrected chi connectivity index (χ4v) is 2.11. The zero-order valence-electron chi connectivity index (χ0n) is 14.1. The van der Waals surface area contributed by atoms with Gasteiger partial charge in [0, 0.05) is 13.2 Å². The van der Waals surface area contributed by atoms with Crippen molar-refractivity contribution in [2.45, 2.75) is 65.2 Å². The second kappa shape index (κ2) is 14.8. The molecule has 0 saturated carbocycles. The lowest BCUT2D eigenvalue weighted by atomic mass is 9.92. The van der Waals surface area contributed by atoms with Gasteiger partial charge in [0.1, 0.15) is 0 Å². The Morgan fingerprint density at radius 3 is 1.43 bits per heavy atom. The molecule has 0 aliphatic heterocycles. The lowest BCUT2D eigenvalue weighted by molar-refractivity contribution is -0.0776. The quantitative estimate of drug-likeness (QED) is 0.430. The molecule has 0 heterocycles.